The number of carbonyl (C=O) groups is 1. The molecule has 144 valence electrons. The minimum Gasteiger partial charge on any atom is -0.507 e. The molecule has 0 bridgehead atoms. The number of nitrogens with one attached hydrogen (secondary N) is 1. The number of benzene rings is 3. The van der Waals surface area contributed by atoms with Crippen LogP contribution in [0.1, 0.15) is 21.5 Å². The number of fused-ring (bicyclic) bond motifs is 1. The fourth-order valence-corrected chi connectivity index (χ4v) is 3.56. The number of nitrogens with zero attached hydrogens (tertiary/aromatic N) is 2. The fourth-order valence-electron chi connectivity index (χ4n) is 3.20. The Morgan fingerprint density at radius 2 is 1.83 bits per heavy atom. The van der Waals surface area contributed by atoms with Gasteiger partial charge in [0.25, 0.3) is 5.91 Å². The van der Waals surface area contributed by atoms with Crippen LogP contribution in [0.5, 0.6) is 5.75 Å². The molecular formula is C23H18BrN3O2. The van der Waals surface area contributed by atoms with Crippen molar-refractivity contribution in [1.82, 2.24) is 9.99 Å². The number of phenolic OH excluding ortho intramolecular Hbond substituents is 1. The van der Waals surface area contributed by atoms with Crippen LogP contribution < -0.4 is 5.43 Å². The molecule has 0 unspecified atom stereocenters. The van der Waals surface area contributed by atoms with Crippen LogP contribution in [0.15, 0.2) is 88.6 Å². The van der Waals surface area contributed by atoms with Gasteiger partial charge >= 0.3 is 0 Å². The van der Waals surface area contributed by atoms with Gasteiger partial charge in [-0.2, -0.15) is 5.10 Å². The Kier molecular flexibility index (Phi) is 5.44. The lowest BCUT2D eigenvalue weighted by Crippen LogP contribution is -2.17. The number of amides is 1. The van der Waals surface area contributed by atoms with Gasteiger partial charge < -0.3 is 9.67 Å². The third-order valence-electron chi connectivity index (χ3n) is 4.59. The predicted molar refractivity (Wildman–Crippen MR) is 118 cm³/mol. The van der Waals surface area contributed by atoms with E-state index >= 15 is 0 Å². The number of hydrogen-bond acceptors (Lipinski definition) is 3. The van der Waals surface area contributed by atoms with E-state index < -0.39 is 5.91 Å². The molecule has 5 nitrogen and oxygen atoms in total. The minimum absolute atomic E-state index is 0.0969. The number of rotatable bonds is 5. The molecule has 3 aromatic carbocycles. The van der Waals surface area contributed by atoms with Crippen molar-refractivity contribution >= 4 is 39.0 Å². The highest BCUT2D eigenvalue weighted by molar-refractivity contribution is 9.10. The molecule has 0 spiro atoms. The van der Waals surface area contributed by atoms with Crippen molar-refractivity contribution in [2.75, 3.05) is 0 Å². The second-order valence-corrected chi connectivity index (χ2v) is 7.49. The normalized spacial score (nSPS) is 11.2. The molecular weight excluding hydrogens is 430 g/mol. The van der Waals surface area contributed by atoms with E-state index in [0.717, 1.165) is 23.0 Å². The van der Waals surface area contributed by atoms with Crippen LogP contribution in [0.3, 0.4) is 0 Å². The average molecular weight is 448 g/mol. The van der Waals surface area contributed by atoms with Gasteiger partial charge in [-0.25, -0.2) is 5.43 Å². The Morgan fingerprint density at radius 3 is 2.66 bits per heavy atom. The maximum absolute atomic E-state index is 12.3. The molecule has 0 saturated heterocycles. The highest BCUT2D eigenvalue weighted by atomic mass is 79.9. The van der Waals surface area contributed by atoms with Crippen molar-refractivity contribution in [3.05, 3.63) is 100 Å². The molecule has 1 aromatic heterocycles. The number of hydrogen-bond donors (Lipinski definition) is 2. The third-order valence-corrected chi connectivity index (χ3v) is 5.08. The van der Waals surface area contributed by atoms with Gasteiger partial charge in [-0.3, -0.25) is 4.79 Å². The molecule has 0 radical (unpaired) electrons. The number of aromatic nitrogens is 1. The van der Waals surface area contributed by atoms with Crippen molar-refractivity contribution in [2.45, 2.75) is 6.54 Å². The minimum atomic E-state index is -0.479. The molecule has 1 amide bonds. The van der Waals surface area contributed by atoms with Crippen LogP contribution in [0.2, 0.25) is 0 Å². The van der Waals surface area contributed by atoms with E-state index in [1.807, 2.05) is 42.6 Å². The van der Waals surface area contributed by atoms with Gasteiger partial charge in [0.2, 0.25) is 0 Å². The Labute approximate surface area is 176 Å². The van der Waals surface area contributed by atoms with E-state index in [1.54, 1.807) is 18.3 Å². The summed E-state index contributed by atoms with van der Waals surface area (Å²) in [7, 11) is 0. The summed E-state index contributed by atoms with van der Waals surface area (Å²) in [5.74, 6) is -0.576. The van der Waals surface area contributed by atoms with Crippen LogP contribution >= 0.6 is 15.9 Å². The van der Waals surface area contributed by atoms with E-state index in [4.69, 9.17) is 0 Å². The van der Waals surface area contributed by atoms with Crippen LogP contribution in [0.25, 0.3) is 10.9 Å². The first-order valence-electron chi connectivity index (χ1n) is 9.05. The van der Waals surface area contributed by atoms with Gasteiger partial charge in [0.1, 0.15) is 5.75 Å². The van der Waals surface area contributed by atoms with Gasteiger partial charge in [0.15, 0.2) is 0 Å². The second kappa shape index (κ2) is 8.32. The molecule has 4 rings (SSSR count). The van der Waals surface area contributed by atoms with Gasteiger partial charge in [0.05, 0.1) is 11.8 Å². The Hall–Kier alpha value is -3.38. The highest BCUT2D eigenvalue weighted by Gasteiger charge is 2.11. The molecule has 0 aliphatic carbocycles. The van der Waals surface area contributed by atoms with Crippen LogP contribution in [0.4, 0.5) is 0 Å². The maximum Gasteiger partial charge on any atom is 0.275 e. The molecule has 0 atom stereocenters. The summed E-state index contributed by atoms with van der Waals surface area (Å²) in [6.07, 6.45) is 3.64. The number of carbonyl (C=O) groups excluding carboxylic acids is 1. The van der Waals surface area contributed by atoms with Crippen molar-refractivity contribution in [3.63, 3.8) is 0 Å². The summed E-state index contributed by atoms with van der Waals surface area (Å²) in [6.45, 7) is 0.744. The van der Waals surface area contributed by atoms with E-state index in [-0.39, 0.29) is 11.3 Å². The number of hydrazone groups is 1. The van der Waals surface area contributed by atoms with E-state index in [9.17, 15) is 9.90 Å². The summed E-state index contributed by atoms with van der Waals surface area (Å²) in [6, 6.07) is 23.0. The summed E-state index contributed by atoms with van der Waals surface area (Å²) < 4.78 is 2.86. The maximum atomic E-state index is 12.3. The standard InChI is InChI=1S/C23H18BrN3O2/c24-18-10-11-22(28)20(12-18)23(29)26-25-13-17-15-27(14-16-6-2-1-3-7-16)21-9-5-4-8-19(17)21/h1-13,15,28H,14H2,(H,26,29). The van der Waals surface area contributed by atoms with Gasteiger partial charge in [-0.1, -0.05) is 64.5 Å². The molecule has 0 aliphatic rings. The zero-order valence-corrected chi connectivity index (χ0v) is 17.0. The van der Waals surface area contributed by atoms with Gasteiger partial charge in [-0.05, 0) is 29.8 Å². The molecule has 0 aliphatic heterocycles. The predicted octanol–water partition coefficient (Wildman–Crippen LogP) is 4.92. The summed E-state index contributed by atoms with van der Waals surface area (Å²) in [4.78, 5) is 12.3. The molecule has 0 saturated carbocycles. The van der Waals surface area contributed by atoms with E-state index in [2.05, 4.69) is 49.2 Å². The molecule has 2 N–H and O–H groups in total. The molecule has 0 fully saturated rings. The first kappa shape index (κ1) is 19.0. The largest absolute Gasteiger partial charge is 0.507 e. The number of phenols is 1. The quantitative estimate of drug-likeness (QED) is 0.336. The van der Waals surface area contributed by atoms with Gasteiger partial charge in [-0.15, -0.1) is 0 Å². The first-order chi connectivity index (χ1) is 14.1. The second-order valence-electron chi connectivity index (χ2n) is 6.58. The van der Waals surface area contributed by atoms with Crippen molar-refractivity contribution in [3.8, 4) is 5.75 Å². The Bertz CT molecular complexity index is 1200. The Balaban J connectivity index is 1.58. The monoisotopic (exact) mass is 447 g/mol. The Morgan fingerprint density at radius 1 is 1.07 bits per heavy atom. The summed E-state index contributed by atoms with van der Waals surface area (Å²) >= 11 is 3.29. The lowest BCUT2D eigenvalue weighted by molar-refractivity contribution is 0.0952. The van der Waals surface area contributed by atoms with Crippen molar-refractivity contribution in [2.24, 2.45) is 5.10 Å². The average Bonchev–Trinajstić information content (AvgIpc) is 3.08. The van der Waals surface area contributed by atoms with E-state index in [0.29, 0.717) is 4.47 Å². The summed E-state index contributed by atoms with van der Waals surface area (Å²) in [5.41, 5.74) is 5.83. The molecule has 29 heavy (non-hydrogen) atoms. The number of para-hydroxylation sites is 1. The molecule has 4 aromatic rings. The van der Waals surface area contributed by atoms with Crippen LogP contribution in [-0.4, -0.2) is 21.8 Å². The fraction of sp³-hybridized carbons (Fsp3) is 0.0435. The first-order valence-corrected chi connectivity index (χ1v) is 9.85. The van der Waals surface area contributed by atoms with Gasteiger partial charge in [0, 0.05) is 33.7 Å². The SMILES string of the molecule is O=C(NN=Cc1cn(Cc2ccccc2)c2ccccc12)c1cc(Br)ccc1O. The van der Waals surface area contributed by atoms with E-state index in [1.165, 1.54) is 11.6 Å². The third kappa shape index (κ3) is 4.22. The summed E-state index contributed by atoms with van der Waals surface area (Å²) in [5, 5.41) is 15.0. The molecule has 6 heteroatoms. The van der Waals surface area contributed by atoms with Crippen LogP contribution in [-0.2, 0) is 6.54 Å². The topological polar surface area (TPSA) is 66.6 Å². The van der Waals surface area contributed by atoms with Crippen LogP contribution in [0, 0.1) is 0 Å². The zero-order valence-electron chi connectivity index (χ0n) is 15.4. The molecule has 1 heterocycles. The number of halogens is 1. The van der Waals surface area contributed by atoms with Crippen molar-refractivity contribution in [1.29, 1.82) is 0 Å². The van der Waals surface area contributed by atoms with Crippen molar-refractivity contribution < 1.29 is 9.90 Å². The number of aromatic hydroxyl groups is 1. The highest BCUT2D eigenvalue weighted by Crippen LogP contribution is 2.22. The lowest BCUT2D eigenvalue weighted by Gasteiger charge is -2.05. The smallest absolute Gasteiger partial charge is 0.275 e. The lowest BCUT2D eigenvalue weighted by atomic mass is 10.2. The zero-order chi connectivity index (χ0) is 20.2.